The van der Waals surface area contributed by atoms with Gasteiger partial charge in [-0.15, -0.1) is 0 Å². The summed E-state index contributed by atoms with van der Waals surface area (Å²) in [5, 5.41) is 0. The van der Waals surface area contributed by atoms with E-state index in [2.05, 4.69) is 41.5 Å². The van der Waals surface area contributed by atoms with E-state index in [1.165, 1.54) is 17.6 Å². The van der Waals surface area contributed by atoms with Crippen LogP contribution in [0.3, 0.4) is 0 Å². The molecule has 3 rings (SSSR count). The number of hydrogen-bond acceptors (Lipinski definition) is 1. The zero-order valence-electron chi connectivity index (χ0n) is 13.2. The van der Waals surface area contributed by atoms with Crippen LogP contribution in [0.25, 0.3) is 0 Å². The van der Waals surface area contributed by atoms with E-state index in [9.17, 15) is 4.79 Å². The summed E-state index contributed by atoms with van der Waals surface area (Å²) in [5.41, 5.74) is 5.90. The number of fused-ring (bicyclic) bond motifs is 3. The van der Waals surface area contributed by atoms with Gasteiger partial charge in [-0.05, 0) is 47.2 Å². The Morgan fingerprint density at radius 2 is 1.37 bits per heavy atom. The predicted octanol–water partition coefficient (Wildman–Crippen LogP) is 4.68. The Morgan fingerprint density at radius 1 is 0.842 bits per heavy atom. The summed E-state index contributed by atoms with van der Waals surface area (Å²) >= 11 is 0. The largest absolute Gasteiger partial charge is 0.294 e. The van der Waals surface area contributed by atoms with Crippen molar-refractivity contribution >= 4 is 5.78 Å². The van der Waals surface area contributed by atoms with E-state index in [0.717, 1.165) is 18.4 Å². The maximum absolute atomic E-state index is 12.7. The van der Waals surface area contributed by atoms with E-state index in [4.69, 9.17) is 0 Å². The SMILES string of the molecule is CC(C)(C)C1=C2C(=O)C3CCC3C2=C(C(C)(C)C)C1. The van der Waals surface area contributed by atoms with Crippen LogP contribution in [0, 0.1) is 22.7 Å². The Bertz CT molecular complexity index is 517. The van der Waals surface area contributed by atoms with Crippen molar-refractivity contribution in [3.63, 3.8) is 0 Å². The number of allylic oxidation sites excluding steroid dienone is 4. The highest BCUT2D eigenvalue weighted by Gasteiger charge is 2.53. The molecule has 0 saturated heterocycles. The van der Waals surface area contributed by atoms with Crippen molar-refractivity contribution in [3.05, 3.63) is 22.3 Å². The van der Waals surface area contributed by atoms with Crippen LogP contribution in [0.5, 0.6) is 0 Å². The van der Waals surface area contributed by atoms with E-state index in [-0.39, 0.29) is 10.8 Å². The molecule has 1 heteroatoms. The average Bonchev–Trinajstić information content (AvgIpc) is 2.60. The molecule has 0 bridgehead atoms. The molecule has 0 aromatic rings. The predicted molar refractivity (Wildman–Crippen MR) is 78.8 cm³/mol. The fraction of sp³-hybridized carbons (Fsp3) is 0.722. The van der Waals surface area contributed by atoms with E-state index in [1.54, 1.807) is 5.57 Å². The summed E-state index contributed by atoms with van der Waals surface area (Å²) in [5.74, 6) is 1.37. The fourth-order valence-electron chi connectivity index (χ4n) is 4.02. The molecule has 19 heavy (non-hydrogen) atoms. The van der Waals surface area contributed by atoms with Crippen LogP contribution >= 0.6 is 0 Å². The van der Waals surface area contributed by atoms with E-state index >= 15 is 0 Å². The van der Waals surface area contributed by atoms with Crippen LogP contribution in [-0.2, 0) is 4.79 Å². The Balaban J connectivity index is 2.18. The van der Waals surface area contributed by atoms with Crippen molar-refractivity contribution in [1.29, 1.82) is 0 Å². The number of Topliss-reactive ketones (excluding diaryl/α,β-unsaturated/α-hetero) is 1. The molecule has 3 aliphatic carbocycles. The van der Waals surface area contributed by atoms with Crippen molar-refractivity contribution in [2.24, 2.45) is 22.7 Å². The molecule has 3 aliphatic rings. The lowest BCUT2D eigenvalue weighted by atomic mass is 9.70. The quantitative estimate of drug-likeness (QED) is 0.616. The van der Waals surface area contributed by atoms with Gasteiger partial charge >= 0.3 is 0 Å². The molecular formula is C18H26O. The van der Waals surface area contributed by atoms with Gasteiger partial charge in [0.15, 0.2) is 5.78 Å². The van der Waals surface area contributed by atoms with Crippen molar-refractivity contribution in [2.75, 3.05) is 0 Å². The molecule has 0 amide bonds. The van der Waals surface area contributed by atoms with Gasteiger partial charge in [0.2, 0.25) is 0 Å². The van der Waals surface area contributed by atoms with Gasteiger partial charge in [0.05, 0.1) is 0 Å². The summed E-state index contributed by atoms with van der Waals surface area (Å²) in [4.78, 5) is 12.7. The third-order valence-corrected chi connectivity index (χ3v) is 5.29. The van der Waals surface area contributed by atoms with Gasteiger partial charge in [-0.3, -0.25) is 4.79 Å². The van der Waals surface area contributed by atoms with Gasteiger partial charge in [-0.1, -0.05) is 47.1 Å². The van der Waals surface area contributed by atoms with Crippen molar-refractivity contribution in [2.45, 2.75) is 60.8 Å². The number of hydrogen-bond donors (Lipinski definition) is 0. The zero-order chi connectivity index (χ0) is 14.2. The van der Waals surface area contributed by atoms with Gasteiger partial charge < -0.3 is 0 Å². The van der Waals surface area contributed by atoms with Crippen LogP contribution < -0.4 is 0 Å². The average molecular weight is 258 g/mol. The molecule has 0 N–H and O–H groups in total. The lowest BCUT2D eigenvalue weighted by Gasteiger charge is -2.33. The van der Waals surface area contributed by atoms with Crippen molar-refractivity contribution < 1.29 is 4.79 Å². The topological polar surface area (TPSA) is 17.1 Å². The second kappa shape index (κ2) is 3.62. The van der Waals surface area contributed by atoms with Crippen LogP contribution in [0.15, 0.2) is 22.3 Å². The molecule has 2 unspecified atom stereocenters. The Labute approximate surface area is 117 Å². The third-order valence-electron chi connectivity index (χ3n) is 5.29. The van der Waals surface area contributed by atoms with Crippen LogP contribution in [0.2, 0.25) is 0 Å². The molecule has 2 atom stereocenters. The molecule has 0 aromatic heterocycles. The molecule has 2 fully saturated rings. The molecule has 0 aliphatic heterocycles. The number of ketones is 1. The van der Waals surface area contributed by atoms with Crippen molar-refractivity contribution in [3.8, 4) is 0 Å². The minimum absolute atomic E-state index is 0.118. The lowest BCUT2D eigenvalue weighted by Crippen LogP contribution is -2.27. The normalized spacial score (nSPS) is 30.7. The first kappa shape index (κ1) is 13.1. The van der Waals surface area contributed by atoms with Crippen molar-refractivity contribution in [1.82, 2.24) is 0 Å². The number of carbonyl (C=O) groups excluding carboxylic acids is 1. The highest BCUT2D eigenvalue weighted by atomic mass is 16.1. The summed E-state index contributed by atoms with van der Waals surface area (Å²) < 4.78 is 0. The monoisotopic (exact) mass is 258 g/mol. The van der Waals surface area contributed by atoms with E-state index in [0.29, 0.717) is 17.6 Å². The maximum Gasteiger partial charge on any atom is 0.166 e. The summed E-state index contributed by atoms with van der Waals surface area (Å²) in [7, 11) is 0. The van der Waals surface area contributed by atoms with Crippen LogP contribution in [-0.4, -0.2) is 5.78 Å². The minimum atomic E-state index is 0.118. The molecule has 104 valence electrons. The maximum atomic E-state index is 12.7. The van der Waals surface area contributed by atoms with Gasteiger partial charge in [-0.2, -0.15) is 0 Å². The number of rotatable bonds is 0. The molecule has 0 spiro atoms. The van der Waals surface area contributed by atoms with Gasteiger partial charge in [0.1, 0.15) is 0 Å². The second-order valence-electron chi connectivity index (χ2n) is 8.58. The highest BCUT2D eigenvalue weighted by molar-refractivity contribution is 6.08. The molecule has 0 heterocycles. The summed E-state index contributed by atoms with van der Waals surface area (Å²) in [6.45, 7) is 13.7. The first-order chi connectivity index (χ1) is 8.62. The Hall–Kier alpha value is -0.850. The highest BCUT2D eigenvalue weighted by Crippen LogP contribution is 2.60. The van der Waals surface area contributed by atoms with Crippen LogP contribution in [0.4, 0.5) is 0 Å². The third kappa shape index (κ3) is 1.70. The minimum Gasteiger partial charge on any atom is -0.294 e. The summed E-state index contributed by atoms with van der Waals surface area (Å²) in [6.07, 6.45) is 3.38. The van der Waals surface area contributed by atoms with Gasteiger partial charge in [-0.25, -0.2) is 0 Å². The van der Waals surface area contributed by atoms with E-state index in [1.807, 2.05) is 0 Å². The molecule has 1 nitrogen and oxygen atoms in total. The van der Waals surface area contributed by atoms with Crippen LogP contribution in [0.1, 0.15) is 60.8 Å². The molecule has 0 aromatic carbocycles. The standard InChI is InChI=1S/C18H26O/c1-17(2,3)12-9-13(18(4,5)6)15-14(12)10-7-8-11(10)16(15)19/h10-11H,7-9H2,1-6H3. The first-order valence-corrected chi connectivity index (χ1v) is 7.64. The first-order valence-electron chi connectivity index (χ1n) is 7.64. The molecule has 2 saturated carbocycles. The zero-order valence-corrected chi connectivity index (χ0v) is 13.2. The molecule has 0 radical (unpaired) electrons. The van der Waals surface area contributed by atoms with Gasteiger partial charge in [0, 0.05) is 11.5 Å². The van der Waals surface area contributed by atoms with E-state index < -0.39 is 0 Å². The number of carbonyl (C=O) groups is 1. The Morgan fingerprint density at radius 3 is 1.79 bits per heavy atom. The second-order valence-corrected chi connectivity index (χ2v) is 8.58. The smallest absolute Gasteiger partial charge is 0.166 e. The lowest BCUT2D eigenvalue weighted by molar-refractivity contribution is -0.120. The summed E-state index contributed by atoms with van der Waals surface area (Å²) in [6, 6.07) is 0. The Kier molecular flexibility index (Phi) is 2.51. The fourth-order valence-corrected chi connectivity index (χ4v) is 4.02. The van der Waals surface area contributed by atoms with Gasteiger partial charge in [0.25, 0.3) is 0 Å². The molecular weight excluding hydrogens is 232 g/mol.